The Hall–Kier alpha value is -3.51. The Morgan fingerprint density at radius 1 is 1.32 bits per heavy atom. The van der Waals surface area contributed by atoms with E-state index in [9.17, 15) is 19.8 Å². The van der Waals surface area contributed by atoms with Gasteiger partial charge in [0.25, 0.3) is 5.56 Å². The summed E-state index contributed by atoms with van der Waals surface area (Å²) in [5.74, 6) is -1.88. The summed E-state index contributed by atoms with van der Waals surface area (Å²) in [5, 5.41) is 46.5. The summed E-state index contributed by atoms with van der Waals surface area (Å²) in [6.45, 7) is 0.821. The average molecular weight is 341 g/mol. The fourth-order valence-corrected chi connectivity index (χ4v) is 2.14. The van der Waals surface area contributed by atoms with Crippen molar-refractivity contribution in [2.45, 2.75) is 13.5 Å². The molecule has 1 aromatic heterocycles. The van der Waals surface area contributed by atoms with Gasteiger partial charge in [0.1, 0.15) is 11.6 Å². The van der Waals surface area contributed by atoms with Gasteiger partial charge in [-0.25, -0.2) is 0 Å². The molecule has 1 heterocycles. The Morgan fingerprint density at radius 2 is 1.96 bits per heavy atom. The lowest BCUT2D eigenvalue weighted by molar-refractivity contribution is -0.255. The summed E-state index contributed by atoms with van der Waals surface area (Å²) in [5.41, 5.74) is -0.616. The first-order valence-electron chi connectivity index (χ1n) is 7.11. The van der Waals surface area contributed by atoms with Crippen LogP contribution in [-0.2, 0) is 6.54 Å². The van der Waals surface area contributed by atoms with Crippen molar-refractivity contribution in [1.29, 1.82) is 5.26 Å². The fourth-order valence-electron chi connectivity index (χ4n) is 2.14. The Labute approximate surface area is 141 Å². The quantitative estimate of drug-likeness (QED) is 0.756. The third-order valence-corrected chi connectivity index (χ3v) is 3.46. The minimum Gasteiger partial charge on any atom is -0.545 e. The SMILES string of the molecule is Cc1c(C#N)c(O)n(CCO)c(=O)c1N=Nc1ccc(C(=O)[O-])cc1. The van der Waals surface area contributed by atoms with Crippen molar-refractivity contribution in [3.63, 3.8) is 0 Å². The molecule has 1 aromatic carbocycles. The second-order valence-electron chi connectivity index (χ2n) is 5.00. The molecule has 0 aliphatic carbocycles. The highest BCUT2D eigenvalue weighted by Gasteiger charge is 2.18. The Balaban J connectivity index is 2.52. The van der Waals surface area contributed by atoms with Crippen molar-refractivity contribution in [3.8, 4) is 11.9 Å². The van der Waals surface area contributed by atoms with Gasteiger partial charge in [0.2, 0.25) is 5.88 Å². The van der Waals surface area contributed by atoms with Crippen LogP contribution in [0.4, 0.5) is 11.4 Å². The Morgan fingerprint density at radius 3 is 2.48 bits per heavy atom. The molecule has 128 valence electrons. The molecule has 0 saturated carbocycles. The monoisotopic (exact) mass is 341 g/mol. The number of aromatic nitrogens is 1. The maximum absolute atomic E-state index is 12.4. The van der Waals surface area contributed by atoms with E-state index in [4.69, 9.17) is 10.4 Å². The molecule has 0 atom stereocenters. The number of aliphatic hydroxyl groups excluding tert-OH is 1. The van der Waals surface area contributed by atoms with Crippen molar-refractivity contribution in [1.82, 2.24) is 4.57 Å². The fraction of sp³-hybridized carbons (Fsp3) is 0.188. The number of nitrogens with zero attached hydrogens (tertiary/aromatic N) is 4. The van der Waals surface area contributed by atoms with E-state index in [1.54, 1.807) is 6.07 Å². The molecule has 0 aliphatic rings. The molecule has 0 saturated heterocycles. The Bertz CT molecular complexity index is 939. The lowest BCUT2D eigenvalue weighted by atomic mass is 10.1. The summed E-state index contributed by atoms with van der Waals surface area (Å²) >= 11 is 0. The number of azo groups is 1. The number of nitriles is 1. The van der Waals surface area contributed by atoms with Gasteiger partial charge in [-0.05, 0) is 24.6 Å². The van der Waals surface area contributed by atoms with Crippen LogP contribution in [0.5, 0.6) is 5.88 Å². The zero-order valence-electron chi connectivity index (χ0n) is 13.1. The highest BCUT2D eigenvalue weighted by Crippen LogP contribution is 2.26. The number of aromatic hydroxyl groups is 1. The van der Waals surface area contributed by atoms with Crippen LogP contribution in [0.1, 0.15) is 21.5 Å². The highest BCUT2D eigenvalue weighted by molar-refractivity contribution is 5.86. The van der Waals surface area contributed by atoms with E-state index in [1.165, 1.54) is 31.2 Å². The van der Waals surface area contributed by atoms with Crippen LogP contribution >= 0.6 is 0 Å². The molecule has 25 heavy (non-hydrogen) atoms. The number of aromatic carboxylic acids is 1. The van der Waals surface area contributed by atoms with Crippen molar-refractivity contribution in [2.75, 3.05) is 6.61 Å². The lowest BCUT2D eigenvalue weighted by Gasteiger charge is -2.11. The number of hydrogen-bond acceptors (Lipinski definition) is 8. The zero-order valence-corrected chi connectivity index (χ0v) is 13.1. The minimum absolute atomic E-state index is 0.0307. The number of carboxylic acids is 1. The van der Waals surface area contributed by atoms with Gasteiger partial charge in [-0.3, -0.25) is 9.36 Å². The summed E-state index contributed by atoms with van der Waals surface area (Å²) in [6.07, 6.45) is 0. The van der Waals surface area contributed by atoms with Gasteiger partial charge in [0.05, 0.1) is 24.8 Å². The first-order chi connectivity index (χ1) is 11.9. The zero-order chi connectivity index (χ0) is 18.6. The molecule has 0 amide bonds. The minimum atomic E-state index is -1.33. The maximum atomic E-state index is 12.4. The standard InChI is InChI=1S/C16H14N4O5/c1-9-12(8-17)14(22)20(6-7-21)15(23)13(9)19-18-11-4-2-10(3-5-11)16(24)25/h2-5,21-22H,6-7H2,1H3,(H,24,25)/p-1. The number of pyridine rings is 1. The second kappa shape index (κ2) is 7.37. The van der Waals surface area contributed by atoms with Gasteiger partial charge in [-0.15, -0.1) is 5.11 Å². The molecule has 2 rings (SSSR count). The van der Waals surface area contributed by atoms with Crippen molar-refractivity contribution in [2.24, 2.45) is 10.2 Å². The molecule has 2 N–H and O–H groups in total. The van der Waals surface area contributed by atoms with E-state index in [-0.39, 0.29) is 34.6 Å². The lowest BCUT2D eigenvalue weighted by Crippen LogP contribution is -2.23. The molecule has 9 heteroatoms. The van der Waals surface area contributed by atoms with E-state index in [0.717, 1.165) is 4.57 Å². The summed E-state index contributed by atoms with van der Waals surface area (Å²) in [7, 11) is 0. The normalized spacial score (nSPS) is 10.8. The molecule has 2 aromatic rings. The highest BCUT2D eigenvalue weighted by atomic mass is 16.4. The van der Waals surface area contributed by atoms with Gasteiger partial charge in [-0.1, -0.05) is 12.1 Å². The molecular weight excluding hydrogens is 328 g/mol. The van der Waals surface area contributed by atoms with Crippen molar-refractivity contribution < 1.29 is 20.1 Å². The summed E-state index contributed by atoms with van der Waals surface area (Å²) in [4.78, 5) is 23.1. The first-order valence-corrected chi connectivity index (χ1v) is 7.11. The Kier molecular flexibility index (Phi) is 5.26. The van der Waals surface area contributed by atoms with E-state index >= 15 is 0 Å². The molecule has 0 radical (unpaired) electrons. The molecule has 0 fully saturated rings. The second-order valence-corrected chi connectivity index (χ2v) is 5.00. The van der Waals surface area contributed by atoms with Crippen LogP contribution in [0.25, 0.3) is 0 Å². The number of carbonyl (C=O) groups is 1. The van der Waals surface area contributed by atoms with Gasteiger partial charge >= 0.3 is 0 Å². The van der Waals surface area contributed by atoms with Crippen molar-refractivity contribution >= 4 is 17.3 Å². The van der Waals surface area contributed by atoms with Gasteiger partial charge in [0, 0.05) is 5.56 Å². The molecule has 0 bridgehead atoms. The van der Waals surface area contributed by atoms with Crippen LogP contribution in [0.3, 0.4) is 0 Å². The molecular formula is C16H13N4O5-. The van der Waals surface area contributed by atoms with Gasteiger partial charge < -0.3 is 20.1 Å². The first kappa shape index (κ1) is 17.8. The van der Waals surface area contributed by atoms with Gasteiger partial charge in [0.15, 0.2) is 5.69 Å². The third-order valence-electron chi connectivity index (χ3n) is 3.46. The summed E-state index contributed by atoms with van der Waals surface area (Å²) < 4.78 is 0.832. The number of hydrogen-bond donors (Lipinski definition) is 2. The molecule has 0 spiro atoms. The topological polar surface area (TPSA) is 151 Å². The third kappa shape index (κ3) is 3.54. The molecule has 0 unspecified atom stereocenters. The van der Waals surface area contributed by atoms with Crippen LogP contribution < -0.4 is 10.7 Å². The van der Waals surface area contributed by atoms with E-state index in [1.807, 2.05) is 0 Å². The largest absolute Gasteiger partial charge is 0.545 e. The molecule has 0 aliphatic heterocycles. The number of rotatable bonds is 5. The van der Waals surface area contributed by atoms with Crippen LogP contribution in [0.2, 0.25) is 0 Å². The number of carboxylic acid groups (broad SMARTS) is 1. The number of carbonyl (C=O) groups excluding carboxylic acids is 1. The van der Waals surface area contributed by atoms with E-state index in [0.29, 0.717) is 0 Å². The summed E-state index contributed by atoms with van der Waals surface area (Å²) in [6, 6.07) is 7.09. The van der Waals surface area contributed by atoms with Crippen molar-refractivity contribution in [3.05, 3.63) is 51.3 Å². The van der Waals surface area contributed by atoms with Crippen LogP contribution in [0, 0.1) is 18.3 Å². The van der Waals surface area contributed by atoms with Crippen LogP contribution in [0.15, 0.2) is 39.3 Å². The number of aliphatic hydroxyl groups is 1. The van der Waals surface area contributed by atoms with E-state index in [2.05, 4.69) is 10.2 Å². The average Bonchev–Trinajstić information content (AvgIpc) is 2.59. The predicted octanol–water partition coefficient (Wildman–Crippen LogP) is 0.505. The maximum Gasteiger partial charge on any atom is 0.281 e. The predicted molar refractivity (Wildman–Crippen MR) is 83.9 cm³/mol. The molecule has 9 nitrogen and oxygen atoms in total. The van der Waals surface area contributed by atoms with E-state index < -0.39 is 24.0 Å². The van der Waals surface area contributed by atoms with Crippen LogP contribution in [-0.4, -0.2) is 27.4 Å². The van der Waals surface area contributed by atoms with Gasteiger partial charge in [-0.2, -0.15) is 10.4 Å². The smallest absolute Gasteiger partial charge is 0.281 e. The number of benzene rings is 1.